The van der Waals surface area contributed by atoms with Crippen molar-refractivity contribution in [2.24, 2.45) is 0 Å². The minimum atomic E-state index is -1.38. The first-order valence-electron chi connectivity index (χ1n) is 8.79. The van der Waals surface area contributed by atoms with Crippen molar-refractivity contribution in [3.8, 4) is 0 Å². The van der Waals surface area contributed by atoms with Gasteiger partial charge in [-0.25, -0.2) is 0 Å². The van der Waals surface area contributed by atoms with Gasteiger partial charge < -0.3 is 24.8 Å². The summed E-state index contributed by atoms with van der Waals surface area (Å²) in [5.74, 6) is 0. The van der Waals surface area contributed by atoms with Crippen LogP contribution in [-0.4, -0.2) is 6.19 Å². The molecule has 0 saturated heterocycles. The molecule has 4 rings (SSSR count). The number of hydrogen-bond acceptors (Lipinski definition) is 0. The van der Waals surface area contributed by atoms with Crippen molar-refractivity contribution in [3.05, 3.63) is 81.9 Å². The van der Waals surface area contributed by atoms with E-state index in [0.29, 0.717) is 0 Å². The van der Waals surface area contributed by atoms with Crippen LogP contribution in [0.2, 0.25) is 13.1 Å². The summed E-state index contributed by atoms with van der Waals surface area (Å²) in [5.41, 5.74) is 9.42. The van der Waals surface area contributed by atoms with Gasteiger partial charge in [-0.2, -0.15) is 0 Å². The zero-order valence-corrected chi connectivity index (χ0v) is 19.8. The van der Waals surface area contributed by atoms with Crippen LogP contribution in [0.15, 0.2) is 59.7 Å². The predicted molar refractivity (Wildman–Crippen MR) is 103 cm³/mol. The molecule has 2 aliphatic carbocycles. The monoisotopic (exact) mass is 434 g/mol. The SMILES string of the molecule is CC1=Cc2ccccc2[C@@H]1[Ti+2]([C@H]1C(C)=Cc2ccccc21)=[Si](C)C.[Cl-].[Cl-]. The third kappa shape index (κ3) is 3.57. The van der Waals surface area contributed by atoms with Crippen LogP contribution in [-0.2, 0) is 16.6 Å². The Hall–Kier alpha value is -0.569. The van der Waals surface area contributed by atoms with E-state index in [1.807, 2.05) is 0 Å². The number of rotatable bonds is 2. The summed E-state index contributed by atoms with van der Waals surface area (Å²) in [6.07, 6.45) is 4.61. The molecule has 26 heavy (non-hydrogen) atoms. The average Bonchev–Trinajstić information content (AvgIpc) is 3.05. The number of fused-ring (bicyclic) bond motifs is 2. The fraction of sp³-hybridized carbons (Fsp3) is 0.273. The molecule has 0 bridgehead atoms. The average molecular weight is 435 g/mol. The number of hydrogen-bond donors (Lipinski definition) is 0. The van der Waals surface area contributed by atoms with Crippen LogP contribution in [0.5, 0.6) is 0 Å². The zero-order chi connectivity index (χ0) is 16.8. The Balaban J connectivity index is 0.00000121. The molecule has 2 aromatic carbocycles. The molecule has 0 saturated carbocycles. The van der Waals surface area contributed by atoms with Gasteiger partial charge in [0.1, 0.15) is 0 Å². The van der Waals surface area contributed by atoms with Crippen LogP contribution in [0.3, 0.4) is 0 Å². The fourth-order valence-electron chi connectivity index (χ4n) is 4.53. The molecule has 134 valence electrons. The maximum atomic E-state index is 2.57. The summed E-state index contributed by atoms with van der Waals surface area (Å²) in [7, 11) is 0. The molecule has 0 nitrogen and oxygen atoms in total. The Labute approximate surface area is 176 Å². The molecule has 2 aliphatic rings. The molecule has 0 N–H and O–H groups in total. The van der Waals surface area contributed by atoms with Crippen molar-refractivity contribution in [2.45, 2.75) is 35.4 Å². The molecule has 0 fully saturated rings. The van der Waals surface area contributed by atoms with Gasteiger partial charge in [-0.15, -0.1) is 0 Å². The van der Waals surface area contributed by atoms with E-state index in [-0.39, 0.29) is 31.0 Å². The molecular formula is C22H24Cl2SiTi. The maximum absolute atomic E-state index is 2.57. The van der Waals surface area contributed by atoms with Crippen LogP contribution in [0.25, 0.3) is 12.2 Å². The van der Waals surface area contributed by atoms with Gasteiger partial charge in [0.15, 0.2) is 0 Å². The van der Waals surface area contributed by atoms with E-state index in [1.165, 1.54) is 11.1 Å². The third-order valence-corrected chi connectivity index (χ3v) is 18.8. The molecule has 0 aliphatic heterocycles. The summed E-state index contributed by atoms with van der Waals surface area (Å²) >= 11 is -1.38. The molecule has 2 aromatic rings. The van der Waals surface area contributed by atoms with E-state index < -0.39 is 16.6 Å². The minimum Gasteiger partial charge on any atom is -1.00 e. The molecule has 4 heteroatoms. The molecule has 0 heterocycles. The van der Waals surface area contributed by atoms with Crippen molar-refractivity contribution < 1.29 is 41.4 Å². The molecule has 2 atom stereocenters. The second kappa shape index (κ2) is 8.63. The zero-order valence-electron chi connectivity index (χ0n) is 15.7. The van der Waals surface area contributed by atoms with E-state index in [2.05, 4.69) is 87.6 Å². The maximum Gasteiger partial charge on any atom is -1.00 e. The first kappa shape index (κ1) is 21.7. The normalized spacial score (nSPS) is 19.0. The van der Waals surface area contributed by atoms with Gasteiger partial charge in [0.25, 0.3) is 0 Å². The van der Waals surface area contributed by atoms with Gasteiger partial charge >= 0.3 is 152 Å². The van der Waals surface area contributed by atoms with Crippen molar-refractivity contribution in [2.75, 3.05) is 0 Å². The Kier molecular flexibility index (Phi) is 7.21. The molecular weight excluding hydrogens is 411 g/mol. The van der Waals surface area contributed by atoms with Gasteiger partial charge in [-0.05, 0) is 0 Å². The second-order valence-electron chi connectivity index (χ2n) is 7.36. The number of allylic oxidation sites excluding steroid dienone is 2. The summed E-state index contributed by atoms with van der Waals surface area (Å²) < 4.78 is 1.48. The van der Waals surface area contributed by atoms with Crippen molar-refractivity contribution in [1.82, 2.24) is 0 Å². The van der Waals surface area contributed by atoms with Crippen molar-refractivity contribution in [1.29, 1.82) is 0 Å². The van der Waals surface area contributed by atoms with Crippen LogP contribution in [0, 0.1) is 0 Å². The smallest absolute Gasteiger partial charge is 1.00 e. The number of halogens is 2. The Morgan fingerprint density at radius 2 is 1.08 bits per heavy atom. The largest absolute Gasteiger partial charge is 1.00 e. The van der Waals surface area contributed by atoms with Crippen LogP contribution < -0.4 is 24.8 Å². The molecule has 0 spiro atoms. The number of benzene rings is 2. The third-order valence-electron chi connectivity index (χ3n) is 5.49. The van der Waals surface area contributed by atoms with E-state index in [9.17, 15) is 0 Å². The van der Waals surface area contributed by atoms with Gasteiger partial charge in [0.2, 0.25) is 0 Å². The van der Waals surface area contributed by atoms with Gasteiger partial charge in [-0.3, -0.25) is 0 Å². The van der Waals surface area contributed by atoms with E-state index in [1.54, 1.807) is 22.3 Å². The van der Waals surface area contributed by atoms with E-state index >= 15 is 0 Å². The second-order valence-corrected chi connectivity index (χ2v) is 19.6. The van der Waals surface area contributed by atoms with Crippen molar-refractivity contribution in [3.63, 3.8) is 0 Å². The van der Waals surface area contributed by atoms with Crippen LogP contribution in [0.1, 0.15) is 44.5 Å². The van der Waals surface area contributed by atoms with Crippen molar-refractivity contribution >= 4 is 18.3 Å². The standard InChI is InChI=1S/2C10H9.C2H6Si.2ClH.Ti/c2*1-8-6-9-4-2-3-5-10(9)7-8;1-3-2;;;/h2*2-7H,1H3;1-2H3;2*1H;/q;;;;;+2/p-2. The molecule has 0 unspecified atom stereocenters. The quantitative estimate of drug-likeness (QED) is 0.591. The first-order valence-corrected chi connectivity index (χ1v) is 15.4. The molecule has 0 amide bonds. The summed E-state index contributed by atoms with van der Waals surface area (Å²) in [6.45, 7) is 9.90. The van der Waals surface area contributed by atoms with E-state index in [4.69, 9.17) is 0 Å². The minimum absolute atomic E-state index is 0. The molecule has 0 aromatic heterocycles. The first-order chi connectivity index (χ1) is 11.6. The summed E-state index contributed by atoms with van der Waals surface area (Å²) in [6, 6.07) is 18.2. The summed E-state index contributed by atoms with van der Waals surface area (Å²) in [4.78, 5) is 0. The van der Waals surface area contributed by atoms with E-state index in [0.717, 1.165) is 8.45 Å². The van der Waals surface area contributed by atoms with Crippen LogP contribution >= 0.6 is 0 Å². The fourth-order valence-corrected chi connectivity index (χ4v) is 18.4. The van der Waals surface area contributed by atoms with Crippen LogP contribution in [0.4, 0.5) is 0 Å². The Morgan fingerprint density at radius 3 is 1.46 bits per heavy atom. The Morgan fingerprint density at radius 1 is 0.692 bits per heavy atom. The van der Waals surface area contributed by atoms with Gasteiger partial charge in [0.05, 0.1) is 0 Å². The predicted octanol–water partition coefficient (Wildman–Crippen LogP) is 0.180. The van der Waals surface area contributed by atoms with Gasteiger partial charge in [0, 0.05) is 0 Å². The Bertz CT molecular complexity index is 854. The van der Waals surface area contributed by atoms with Gasteiger partial charge in [-0.1, -0.05) is 0 Å². The topological polar surface area (TPSA) is 0 Å². The molecule has 0 radical (unpaired) electrons. The summed E-state index contributed by atoms with van der Waals surface area (Å²) in [5, 5.41) is 0.